The predicted octanol–water partition coefficient (Wildman–Crippen LogP) is 6.47. The second-order valence-corrected chi connectivity index (χ2v) is 8.95. The third-order valence-electron chi connectivity index (χ3n) is 5.23. The lowest BCUT2D eigenvalue weighted by molar-refractivity contribution is -0.123. The molecule has 33 heavy (non-hydrogen) atoms. The molecule has 0 aromatic heterocycles. The van der Waals surface area contributed by atoms with Crippen molar-refractivity contribution >= 4 is 40.6 Å². The summed E-state index contributed by atoms with van der Waals surface area (Å²) in [7, 11) is 1.56. The number of hydrogen-bond donors (Lipinski definition) is 0. The topological polar surface area (TPSA) is 55.8 Å². The maximum atomic E-state index is 12.9. The van der Waals surface area contributed by atoms with Gasteiger partial charge in [-0.15, -0.1) is 0 Å². The Bertz CT molecular complexity index is 1240. The van der Waals surface area contributed by atoms with E-state index in [2.05, 4.69) is 0 Å². The molecule has 0 unspecified atom stereocenters. The molecule has 0 radical (unpaired) electrons. The molecule has 7 heteroatoms. The van der Waals surface area contributed by atoms with Crippen molar-refractivity contribution in [2.75, 3.05) is 7.11 Å². The summed E-state index contributed by atoms with van der Waals surface area (Å²) < 4.78 is 11.4. The summed E-state index contributed by atoms with van der Waals surface area (Å²) in [6.07, 6.45) is 1.70. The third-order valence-corrected chi connectivity index (χ3v) is 6.37. The molecule has 0 N–H and O–H groups in total. The van der Waals surface area contributed by atoms with Crippen molar-refractivity contribution in [3.05, 3.63) is 98.9 Å². The fourth-order valence-corrected chi connectivity index (χ4v) is 4.48. The van der Waals surface area contributed by atoms with Crippen LogP contribution < -0.4 is 9.47 Å². The Morgan fingerprint density at radius 2 is 1.82 bits per heavy atom. The summed E-state index contributed by atoms with van der Waals surface area (Å²) in [5.41, 5.74) is 3.67. The average Bonchev–Trinajstić information content (AvgIpc) is 3.07. The lowest BCUT2D eigenvalue weighted by atomic mass is 10.1. The fourth-order valence-electron chi connectivity index (χ4n) is 3.43. The third kappa shape index (κ3) is 5.41. The Hall–Kier alpha value is -3.22. The Labute approximate surface area is 202 Å². The number of imide groups is 1. The molecule has 1 aliphatic rings. The molecule has 3 aromatic rings. The molecular formula is C26H22ClNO4S. The Kier molecular flexibility index (Phi) is 7.06. The van der Waals surface area contributed by atoms with Crippen molar-refractivity contribution in [3.8, 4) is 11.5 Å². The quantitative estimate of drug-likeness (QED) is 0.363. The zero-order valence-electron chi connectivity index (χ0n) is 18.2. The van der Waals surface area contributed by atoms with Gasteiger partial charge in [0.05, 0.1) is 18.6 Å². The first-order valence-corrected chi connectivity index (χ1v) is 11.5. The van der Waals surface area contributed by atoms with E-state index in [0.717, 1.165) is 34.0 Å². The second kappa shape index (κ2) is 10.1. The molecule has 1 fully saturated rings. The zero-order valence-corrected chi connectivity index (χ0v) is 19.8. The summed E-state index contributed by atoms with van der Waals surface area (Å²) in [4.78, 5) is 27.0. The van der Waals surface area contributed by atoms with Gasteiger partial charge in [-0.05, 0) is 71.3 Å². The SMILES string of the molecule is COc1cc(/C=C2\SC(=O)N(Cc3ccccc3C)C2=O)ccc1OCc1cccc(Cl)c1. The molecule has 0 atom stereocenters. The van der Waals surface area contributed by atoms with Crippen LogP contribution in [0.2, 0.25) is 5.02 Å². The minimum absolute atomic E-state index is 0.258. The van der Waals surface area contributed by atoms with Crippen LogP contribution in [0.15, 0.2) is 71.6 Å². The van der Waals surface area contributed by atoms with Crippen molar-refractivity contribution in [2.45, 2.75) is 20.1 Å². The van der Waals surface area contributed by atoms with E-state index in [4.69, 9.17) is 21.1 Å². The van der Waals surface area contributed by atoms with E-state index in [9.17, 15) is 9.59 Å². The number of carbonyl (C=O) groups is 2. The van der Waals surface area contributed by atoms with Crippen molar-refractivity contribution < 1.29 is 19.1 Å². The number of carbonyl (C=O) groups excluding carboxylic acids is 2. The van der Waals surface area contributed by atoms with Crippen molar-refractivity contribution in [2.24, 2.45) is 0 Å². The molecule has 0 spiro atoms. The lowest BCUT2D eigenvalue weighted by Crippen LogP contribution is -2.27. The molecule has 1 saturated heterocycles. The summed E-state index contributed by atoms with van der Waals surface area (Å²) in [6.45, 7) is 2.56. The van der Waals surface area contributed by atoms with E-state index in [1.165, 1.54) is 4.90 Å². The molecular weight excluding hydrogens is 458 g/mol. The van der Waals surface area contributed by atoms with Crippen LogP contribution in [0, 0.1) is 6.92 Å². The number of benzene rings is 3. The first kappa shape index (κ1) is 23.0. The van der Waals surface area contributed by atoms with Crippen molar-refractivity contribution in [3.63, 3.8) is 0 Å². The first-order chi connectivity index (χ1) is 15.9. The first-order valence-electron chi connectivity index (χ1n) is 10.3. The molecule has 4 rings (SSSR count). The number of halogens is 1. The van der Waals surface area contributed by atoms with E-state index in [-0.39, 0.29) is 17.7 Å². The largest absolute Gasteiger partial charge is 0.493 e. The normalized spacial score (nSPS) is 14.8. The summed E-state index contributed by atoms with van der Waals surface area (Å²) in [5, 5.41) is 0.373. The highest BCUT2D eigenvalue weighted by Gasteiger charge is 2.35. The minimum Gasteiger partial charge on any atom is -0.493 e. The molecule has 0 saturated carbocycles. The second-order valence-electron chi connectivity index (χ2n) is 7.52. The maximum Gasteiger partial charge on any atom is 0.293 e. The van der Waals surface area contributed by atoms with Gasteiger partial charge >= 0.3 is 0 Å². The predicted molar refractivity (Wildman–Crippen MR) is 131 cm³/mol. The number of thioether (sulfide) groups is 1. The monoisotopic (exact) mass is 479 g/mol. The van der Waals surface area contributed by atoms with Crippen LogP contribution in [0.4, 0.5) is 4.79 Å². The number of hydrogen-bond acceptors (Lipinski definition) is 5. The zero-order chi connectivity index (χ0) is 23.4. The van der Waals surface area contributed by atoms with E-state index >= 15 is 0 Å². The van der Waals surface area contributed by atoms with Crippen molar-refractivity contribution in [1.29, 1.82) is 0 Å². The van der Waals surface area contributed by atoms with Gasteiger partial charge in [0.15, 0.2) is 11.5 Å². The molecule has 5 nitrogen and oxygen atoms in total. The fraction of sp³-hybridized carbons (Fsp3) is 0.154. The smallest absolute Gasteiger partial charge is 0.293 e. The molecule has 0 aliphatic carbocycles. The minimum atomic E-state index is -0.298. The van der Waals surface area contributed by atoms with E-state index in [1.807, 2.05) is 61.5 Å². The van der Waals surface area contributed by atoms with Gasteiger partial charge in [0, 0.05) is 5.02 Å². The number of amides is 2. The van der Waals surface area contributed by atoms with E-state index in [1.54, 1.807) is 25.3 Å². The lowest BCUT2D eigenvalue weighted by Gasteiger charge is -2.14. The van der Waals surface area contributed by atoms with Gasteiger partial charge in [0.25, 0.3) is 11.1 Å². The molecule has 1 heterocycles. The number of rotatable bonds is 7. The Morgan fingerprint density at radius 3 is 2.58 bits per heavy atom. The molecule has 168 valence electrons. The molecule has 1 aliphatic heterocycles. The Morgan fingerprint density at radius 1 is 1.00 bits per heavy atom. The summed E-state index contributed by atoms with van der Waals surface area (Å²) >= 11 is 6.97. The van der Waals surface area contributed by atoms with Crippen LogP contribution in [0.1, 0.15) is 22.3 Å². The van der Waals surface area contributed by atoms with Gasteiger partial charge in [-0.25, -0.2) is 0 Å². The molecule has 2 amide bonds. The van der Waals surface area contributed by atoms with Gasteiger partial charge in [-0.1, -0.05) is 54.1 Å². The number of ether oxygens (including phenoxy) is 2. The Balaban J connectivity index is 1.49. The molecule has 0 bridgehead atoms. The number of aryl methyl sites for hydroxylation is 1. The van der Waals surface area contributed by atoms with E-state index < -0.39 is 0 Å². The summed E-state index contributed by atoms with van der Waals surface area (Å²) in [5.74, 6) is 0.806. The van der Waals surface area contributed by atoms with Gasteiger partial charge in [0.1, 0.15) is 6.61 Å². The van der Waals surface area contributed by atoms with Crippen molar-refractivity contribution in [1.82, 2.24) is 4.90 Å². The highest BCUT2D eigenvalue weighted by molar-refractivity contribution is 8.18. The van der Waals surface area contributed by atoms with Gasteiger partial charge in [0.2, 0.25) is 0 Å². The standard InChI is InChI=1S/C26H22ClNO4S/c1-17-6-3-4-8-20(17)15-28-25(29)24(33-26(28)30)14-18-10-11-22(23(13-18)31-2)32-16-19-7-5-9-21(27)12-19/h3-14H,15-16H2,1-2H3/b24-14-. The van der Waals surface area contributed by atoms with Crippen LogP contribution in [0.25, 0.3) is 6.08 Å². The van der Waals surface area contributed by atoms with Crippen LogP contribution in [-0.2, 0) is 17.9 Å². The van der Waals surface area contributed by atoms with Gasteiger partial charge in [-0.3, -0.25) is 14.5 Å². The number of nitrogens with zero attached hydrogens (tertiary/aromatic N) is 1. The highest BCUT2D eigenvalue weighted by atomic mass is 35.5. The summed E-state index contributed by atoms with van der Waals surface area (Å²) in [6, 6.07) is 20.6. The van der Waals surface area contributed by atoms with Crippen LogP contribution in [-0.4, -0.2) is 23.2 Å². The highest BCUT2D eigenvalue weighted by Crippen LogP contribution is 2.35. The average molecular weight is 480 g/mol. The van der Waals surface area contributed by atoms with Crippen LogP contribution in [0.5, 0.6) is 11.5 Å². The van der Waals surface area contributed by atoms with E-state index in [0.29, 0.717) is 28.0 Å². The van der Waals surface area contributed by atoms with Crippen LogP contribution in [0.3, 0.4) is 0 Å². The van der Waals surface area contributed by atoms with Gasteiger partial charge in [-0.2, -0.15) is 0 Å². The maximum absolute atomic E-state index is 12.9. The van der Waals surface area contributed by atoms with Crippen LogP contribution >= 0.6 is 23.4 Å². The van der Waals surface area contributed by atoms with Gasteiger partial charge < -0.3 is 9.47 Å². The molecule has 3 aromatic carbocycles. The number of methoxy groups -OCH3 is 1.